The van der Waals surface area contributed by atoms with Crippen molar-refractivity contribution in [2.75, 3.05) is 67.5 Å². The van der Waals surface area contributed by atoms with E-state index in [0.717, 1.165) is 12.0 Å². The number of ether oxygens (including phenoxy) is 5. The fraction of sp³-hybridized carbons (Fsp3) is 0.625. The Balaban J connectivity index is 1.38. The molecule has 7 N–H and O–H groups in total. The molecule has 4 rings (SSSR count). The number of anilines is 1. The Hall–Kier alpha value is -7.47. The third-order valence-electron chi connectivity index (χ3n) is 18.5. The Morgan fingerprint density at radius 1 is 0.726 bits per heavy atom. The highest BCUT2D eigenvalue weighted by Gasteiger charge is 2.43. The maximum Gasteiger partial charge on any atom is 0.410 e. The van der Waals surface area contributed by atoms with E-state index in [1.54, 1.807) is 69.3 Å². The minimum atomic E-state index is -0.955. The van der Waals surface area contributed by atoms with Crippen molar-refractivity contribution in [1.82, 2.24) is 30.7 Å². The summed E-state index contributed by atoms with van der Waals surface area (Å²) in [5.74, 6) is -4.31. The number of aliphatic hydroxyl groups is 1. The lowest BCUT2D eigenvalue weighted by Crippen LogP contribution is -2.53. The van der Waals surface area contributed by atoms with Gasteiger partial charge in [-0.3, -0.25) is 38.5 Å². The van der Waals surface area contributed by atoms with E-state index >= 15 is 0 Å². The summed E-state index contributed by atoms with van der Waals surface area (Å²) in [6.07, 6.45) is -0.0632. The van der Waals surface area contributed by atoms with Gasteiger partial charge in [-0.05, 0) is 110 Å². The van der Waals surface area contributed by atoms with Crippen LogP contribution in [0.15, 0.2) is 72.8 Å². The summed E-state index contributed by atoms with van der Waals surface area (Å²) in [4.78, 5) is 129. The number of hydrogen-bond donors (Lipinski definition) is 6. The van der Waals surface area contributed by atoms with E-state index in [1.165, 1.54) is 33.3 Å². The number of benzene rings is 3. The van der Waals surface area contributed by atoms with E-state index in [1.807, 2.05) is 91.8 Å². The van der Waals surface area contributed by atoms with Gasteiger partial charge in [0.05, 0.1) is 69.2 Å². The quantitative estimate of drug-likeness (QED) is 0.0290. The Morgan fingerprint density at radius 2 is 1.38 bits per heavy atom. The second-order valence-electron chi connectivity index (χ2n) is 26.5. The summed E-state index contributed by atoms with van der Waals surface area (Å²) < 4.78 is 28.5. The van der Waals surface area contributed by atoms with E-state index in [4.69, 9.17) is 29.4 Å². The smallest absolute Gasteiger partial charge is 0.410 e. The average molecular weight is 1330 g/mol. The molecule has 0 bridgehead atoms. The molecule has 0 spiro atoms. The number of ketones is 3. The van der Waals surface area contributed by atoms with Gasteiger partial charge in [0.15, 0.2) is 23.1 Å². The lowest BCUT2D eigenvalue weighted by molar-refractivity contribution is -0.146. The number of carbonyl (C=O) groups excluding carboxylic acids is 9. The van der Waals surface area contributed by atoms with Crippen LogP contribution in [0.25, 0.3) is 0 Å². The number of primary amides is 1. The van der Waals surface area contributed by atoms with Crippen LogP contribution in [-0.4, -0.2) is 177 Å². The number of Topliss-reactive ketones (excluding diaryl/α,β-unsaturated/α-hetero) is 3. The molecule has 1 saturated heterocycles. The predicted octanol–water partition coefficient (Wildman–Crippen LogP) is 8.47. The monoisotopic (exact) mass is 1330 g/mol. The highest BCUT2D eigenvalue weighted by atomic mass is 16.6. The molecular weight excluding hydrogens is 1220 g/mol. The van der Waals surface area contributed by atoms with Crippen LogP contribution in [0.2, 0.25) is 0 Å². The minimum Gasteiger partial charge on any atom is -0.493 e. The van der Waals surface area contributed by atoms with Crippen LogP contribution >= 0.6 is 0 Å². The summed E-state index contributed by atoms with van der Waals surface area (Å²) in [5.41, 5.74) is 7.78. The van der Waals surface area contributed by atoms with Gasteiger partial charge in [-0.15, -0.1) is 0 Å². The number of aliphatic hydroxyl groups excluding tert-OH is 1. The van der Waals surface area contributed by atoms with E-state index in [0.29, 0.717) is 60.5 Å². The van der Waals surface area contributed by atoms with Crippen LogP contribution < -0.4 is 36.5 Å². The molecule has 0 aromatic heterocycles. The third kappa shape index (κ3) is 24.0. The molecule has 1 fully saturated rings. The molecule has 0 radical (unpaired) electrons. The van der Waals surface area contributed by atoms with Crippen LogP contribution in [0.5, 0.6) is 11.5 Å². The number of likely N-dealkylation sites (tertiary alicyclic amines) is 1. The van der Waals surface area contributed by atoms with Crippen molar-refractivity contribution in [3.63, 3.8) is 0 Å². The second-order valence-corrected chi connectivity index (χ2v) is 26.5. The van der Waals surface area contributed by atoms with Gasteiger partial charge in [0.1, 0.15) is 12.4 Å². The maximum atomic E-state index is 14.8. The van der Waals surface area contributed by atoms with E-state index in [9.17, 15) is 48.3 Å². The predicted molar refractivity (Wildman–Crippen MR) is 364 cm³/mol. The van der Waals surface area contributed by atoms with Gasteiger partial charge >= 0.3 is 12.1 Å². The Bertz CT molecular complexity index is 2960. The van der Waals surface area contributed by atoms with Crippen LogP contribution in [-0.2, 0) is 60.8 Å². The Labute approximate surface area is 563 Å². The molecule has 12 unspecified atom stereocenters. The SMILES string of the molecule is CCC(C)C(C(CC(=O)CN1CCCC1C(OC)C(C)C(=O)NC(C)C(O)c1ccccc1)OC)N(C)C(=O)C(CC(=O)C(C(C)C)N(C)C(=O)OCc1ccc(NC(=O)C(CCCNC(N)=O)CC(=O)C(NC(=O)CCc2ccc(OC)c(OC)c2)C(C)C)cc1)C(C)C. The molecule has 1 aliphatic rings. The van der Waals surface area contributed by atoms with E-state index in [2.05, 4.69) is 26.2 Å². The number of nitrogens with two attached hydrogens (primary N) is 1. The molecule has 23 nitrogen and oxygen atoms in total. The van der Waals surface area contributed by atoms with Gasteiger partial charge in [-0.25, -0.2) is 9.59 Å². The normalized spacial score (nSPS) is 16.8. The average Bonchev–Trinajstić information content (AvgIpc) is 1.73. The third-order valence-corrected chi connectivity index (χ3v) is 18.5. The second kappa shape index (κ2) is 39.5. The number of nitrogens with zero attached hydrogens (tertiary/aromatic N) is 3. The summed E-state index contributed by atoms with van der Waals surface area (Å²) in [6, 6.07) is 17.2. The zero-order valence-electron chi connectivity index (χ0n) is 59.1. The molecular formula is C72H110N8O15. The topological polar surface area (TPSA) is 304 Å². The van der Waals surface area contributed by atoms with Crippen molar-refractivity contribution in [2.24, 2.45) is 47.2 Å². The van der Waals surface area contributed by atoms with Gasteiger partial charge in [-0.1, -0.05) is 117 Å². The fourth-order valence-corrected chi connectivity index (χ4v) is 12.8. The minimum absolute atomic E-state index is 0.00228. The molecule has 3 aromatic rings. The molecule has 528 valence electrons. The molecule has 3 aromatic carbocycles. The largest absolute Gasteiger partial charge is 0.493 e. The van der Waals surface area contributed by atoms with Crippen molar-refractivity contribution in [3.8, 4) is 11.5 Å². The molecule has 7 amide bonds. The number of rotatable bonds is 41. The standard InChI is InChI=1S/C72H110N8O15/c1-17-46(8)65(61(93-15)39-54(81)41-80-36-22-26-56(80)67(94-16)47(9)68(86)75-48(10)66(85)51-23-19-18-20-24-51)78(11)70(88)55(43(2)3)40-58(83)64(45(6)7)79(12)72(90)95-42-50-27-31-53(32-28-50)76-69(87)52(25-21-35-74-71(73)89)38-57(82)63(44(4)5)77-62(84)34-30-49-29-33-59(91-13)60(37-49)92-14/h18-20,23-24,27-29,31-33,37,43-48,52,55-56,61,63-67,85H,17,21-22,25-26,30,34-36,38-42H2,1-16H3,(H,75,86)(H,76,87)(H,77,84)(H3,73,74,89). The molecule has 95 heavy (non-hydrogen) atoms. The zero-order valence-corrected chi connectivity index (χ0v) is 59.1. The number of hydrogen-bond acceptors (Lipinski definition) is 16. The molecule has 0 aliphatic carbocycles. The zero-order chi connectivity index (χ0) is 70.8. The van der Waals surface area contributed by atoms with E-state index in [-0.39, 0.29) is 117 Å². The van der Waals surface area contributed by atoms with Gasteiger partial charge in [0.2, 0.25) is 23.6 Å². The van der Waals surface area contributed by atoms with Crippen LogP contribution in [0.4, 0.5) is 15.3 Å². The first kappa shape index (κ1) is 80.0. The number of aryl methyl sites for hydroxylation is 1. The van der Waals surface area contributed by atoms with E-state index < -0.39 is 78.3 Å². The summed E-state index contributed by atoms with van der Waals surface area (Å²) in [5, 5.41) is 22.2. The summed E-state index contributed by atoms with van der Waals surface area (Å²) in [6.45, 7) is 19.3. The number of methoxy groups -OCH3 is 4. The first-order valence-electron chi connectivity index (χ1n) is 33.5. The first-order valence-corrected chi connectivity index (χ1v) is 33.5. The molecule has 1 aliphatic heterocycles. The van der Waals surface area contributed by atoms with Crippen molar-refractivity contribution in [1.29, 1.82) is 0 Å². The number of amides is 7. The molecule has 0 saturated carbocycles. The van der Waals surface area contributed by atoms with Crippen LogP contribution in [0.1, 0.15) is 150 Å². The van der Waals surface area contributed by atoms with Crippen LogP contribution in [0.3, 0.4) is 0 Å². The van der Waals surface area contributed by atoms with Gasteiger partial charge in [0, 0.05) is 84.1 Å². The lowest BCUT2D eigenvalue weighted by Gasteiger charge is -2.40. The fourth-order valence-electron chi connectivity index (χ4n) is 12.8. The molecule has 23 heteroatoms. The number of urea groups is 1. The highest BCUT2D eigenvalue weighted by molar-refractivity contribution is 5.97. The van der Waals surface area contributed by atoms with Gasteiger partial charge in [0.25, 0.3) is 0 Å². The van der Waals surface area contributed by atoms with Gasteiger partial charge < -0.3 is 65.6 Å². The van der Waals surface area contributed by atoms with Crippen LogP contribution in [0, 0.1) is 41.4 Å². The Kier molecular flexibility index (Phi) is 33.3. The number of nitrogens with one attached hydrogen (secondary N) is 4. The van der Waals surface area contributed by atoms with Gasteiger partial charge in [-0.2, -0.15) is 0 Å². The van der Waals surface area contributed by atoms with Crippen molar-refractivity contribution in [2.45, 2.75) is 189 Å². The first-order chi connectivity index (χ1) is 45.0. The highest BCUT2D eigenvalue weighted by Crippen LogP contribution is 2.32. The lowest BCUT2D eigenvalue weighted by atomic mass is 9.83. The Morgan fingerprint density at radius 3 is 1.96 bits per heavy atom. The van der Waals surface area contributed by atoms with Crippen molar-refractivity contribution < 1.29 is 71.9 Å². The molecule has 12 atom stereocenters. The van der Waals surface area contributed by atoms with Crippen molar-refractivity contribution >= 4 is 58.8 Å². The number of carbonyl (C=O) groups is 9. The maximum absolute atomic E-state index is 14.8. The van der Waals surface area contributed by atoms with Crippen molar-refractivity contribution in [3.05, 3.63) is 89.5 Å². The molecule has 1 heterocycles. The summed E-state index contributed by atoms with van der Waals surface area (Å²) in [7, 11) is 9.34. The summed E-state index contributed by atoms with van der Waals surface area (Å²) >= 11 is 0. The number of likely N-dealkylation sites (N-methyl/N-ethyl adjacent to an activating group) is 2.